The van der Waals surface area contributed by atoms with E-state index >= 15 is 0 Å². The van der Waals surface area contributed by atoms with Crippen LogP contribution in [0.15, 0.2) is 15.9 Å². The van der Waals surface area contributed by atoms with E-state index in [2.05, 4.69) is 51.6 Å². The van der Waals surface area contributed by atoms with Gasteiger partial charge in [-0.3, -0.25) is 4.90 Å². The summed E-state index contributed by atoms with van der Waals surface area (Å²) in [6, 6.07) is 3.58. The van der Waals surface area contributed by atoms with Crippen molar-refractivity contribution in [1.82, 2.24) is 10.2 Å². The molecule has 1 aromatic rings. The molecular formula is C14H23BrN2S. The van der Waals surface area contributed by atoms with Gasteiger partial charge in [-0.25, -0.2) is 0 Å². The Labute approximate surface area is 123 Å². The van der Waals surface area contributed by atoms with E-state index in [4.69, 9.17) is 0 Å². The first kappa shape index (κ1) is 14.5. The molecular weight excluding hydrogens is 308 g/mol. The Balaban J connectivity index is 1.72. The fourth-order valence-electron chi connectivity index (χ4n) is 2.46. The summed E-state index contributed by atoms with van der Waals surface area (Å²) in [4.78, 5) is 3.86. The number of hydrogen-bond acceptors (Lipinski definition) is 3. The van der Waals surface area contributed by atoms with Crippen molar-refractivity contribution < 1.29 is 0 Å². The third kappa shape index (κ3) is 4.34. The average Bonchev–Trinajstić information content (AvgIpc) is 2.97. The fourth-order valence-corrected chi connectivity index (χ4v) is 3.97. The van der Waals surface area contributed by atoms with E-state index in [0.29, 0.717) is 6.04 Å². The summed E-state index contributed by atoms with van der Waals surface area (Å²) in [5.74, 6) is 0. The number of likely N-dealkylation sites (N-methyl/N-ethyl adjacent to an activating group) is 1. The van der Waals surface area contributed by atoms with Gasteiger partial charge in [-0.2, -0.15) is 0 Å². The van der Waals surface area contributed by atoms with Crippen LogP contribution in [0.25, 0.3) is 0 Å². The van der Waals surface area contributed by atoms with Gasteiger partial charge >= 0.3 is 0 Å². The lowest BCUT2D eigenvalue weighted by atomic mass is 10.2. The van der Waals surface area contributed by atoms with Crippen LogP contribution >= 0.6 is 27.3 Å². The lowest BCUT2D eigenvalue weighted by Gasteiger charge is -2.26. The molecule has 0 bridgehead atoms. The fraction of sp³-hybridized carbons (Fsp3) is 0.714. The van der Waals surface area contributed by atoms with E-state index in [0.717, 1.165) is 19.1 Å². The Morgan fingerprint density at radius 1 is 1.50 bits per heavy atom. The Bertz CT molecular complexity index is 360. The molecule has 1 N–H and O–H groups in total. The quantitative estimate of drug-likeness (QED) is 0.851. The molecule has 0 radical (unpaired) electrons. The van der Waals surface area contributed by atoms with Crippen LogP contribution in [0.4, 0.5) is 0 Å². The highest BCUT2D eigenvalue weighted by Gasteiger charge is 2.16. The Kier molecular flexibility index (Phi) is 5.67. The standard InChI is InChI=1S/C14H23BrN2S/c1-11(8-16-13-5-3-4-6-13)17(2)9-14-7-12(15)10-18-14/h7,10-11,13,16H,3-6,8-9H2,1-2H3. The molecule has 0 saturated heterocycles. The number of halogens is 1. The maximum absolute atomic E-state index is 3.71. The molecule has 1 saturated carbocycles. The van der Waals surface area contributed by atoms with E-state index in [-0.39, 0.29) is 0 Å². The number of nitrogens with zero attached hydrogens (tertiary/aromatic N) is 1. The smallest absolute Gasteiger partial charge is 0.0328 e. The number of thiophene rings is 1. The van der Waals surface area contributed by atoms with Crippen LogP contribution in [0.3, 0.4) is 0 Å². The van der Waals surface area contributed by atoms with Crippen LogP contribution in [-0.4, -0.2) is 30.6 Å². The van der Waals surface area contributed by atoms with Crippen LogP contribution in [0.1, 0.15) is 37.5 Å². The highest BCUT2D eigenvalue weighted by atomic mass is 79.9. The molecule has 1 fully saturated rings. The SMILES string of the molecule is CC(CNC1CCCC1)N(C)Cc1cc(Br)cs1. The van der Waals surface area contributed by atoms with Gasteiger partial charge < -0.3 is 5.32 Å². The molecule has 18 heavy (non-hydrogen) atoms. The van der Waals surface area contributed by atoms with Gasteiger partial charge in [0.25, 0.3) is 0 Å². The van der Waals surface area contributed by atoms with Crippen LogP contribution in [0.5, 0.6) is 0 Å². The van der Waals surface area contributed by atoms with E-state index in [1.54, 1.807) is 0 Å². The van der Waals surface area contributed by atoms with Gasteiger partial charge in [-0.1, -0.05) is 12.8 Å². The van der Waals surface area contributed by atoms with E-state index in [9.17, 15) is 0 Å². The van der Waals surface area contributed by atoms with Gasteiger partial charge in [0, 0.05) is 39.9 Å². The predicted octanol–water partition coefficient (Wildman–Crippen LogP) is 3.86. The Morgan fingerprint density at radius 3 is 2.83 bits per heavy atom. The minimum absolute atomic E-state index is 0.589. The monoisotopic (exact) mass is 330 g/mol. The van der Waals surface area contributed by atoms with Crippen molar-refractivity contribution in [2.45, 2.75) is 51.2 Å². The van der Waals surface area contributed by atoms with Crippen molar-refractivity contribution in [3.05, 3.63) is 20.8 Å². The summed E-state index contributed by atoms with van der Waals surface area (Å²) in [7, 11) is 2.22. The average molecular weight is 331 g/mol. The maximum atomic E-state index is 3.71. The molecule has 0 aromatic carbocycles. The van der Waals surface area contributed by atoms with Crippen LogP contribution in [0, 0.1) is 0 Å². The summed E-state index contributed by atoms with van der Waals surface area (Å²) < 4.78 is 1.20. The molecule has 4 heteroatoms. The number of rotatable bonds is 6. The molecule has 1 unspecified atom stereocenters. The highest BCUT2D eigenvalue weighted by molar-refractivity contribution is 9.10. The molecule has 1 heterocycles. The molecule has 1 aliphatic rings. The van der Waals surface area contributed by atoms with E-state index in [1.165, 1.54) is 35.0 Å². The summed E-state index contributed by atoms with van der Waals surface area (Å²) in [6.07, 6.45) is 5.55. The zero-order valence-electron chi connectivity index (χ0n) is 11.3. The van der Waals surface area contributed by atoms with Gasteiger partial charge in [0.2, 0.25) is 0 Å². The second kappa shape index (κ2) is 7.04. The van der Waals surface area contributed by atoms with Crippen LogP contribution in [-0.2, 0) is 6.54 Å². The third-order valence-electron chi connectivity index (χ3n) is 3.84. The second-order valence-corrected chi connectivity index (χ2v) is 7.30. The molecule has 2 rings (SSSR count). The summed E-state index contributed by atoms with van der Waals surface area (Å²) in [5, 5.41) is 5.86. The lowest BCUT2D eigenvalue weighted by Crippen LogP contribution is -2.40. The third-order valence-corrected chi connectivity index (χ3v) is 5.52. The topological polar surface area (TPSA) is 15.3 Å². The van der Waals surface area contributed by atoms with Gasteiger partial charge in [-0.15, -0.1) is 11.3 Å². The molecule has 1 atom stereocenters. The summed E-state index contributed by atoms with van der Waals surface area (Å²) >= 11 is 5.34. The molecule has 0 amide bonds. The van der Waals surface area contributed by atoms with Crippen LogP contribution < -0.4 is 5.32 Å². The largest absolute Gasteiger partial charge is 0.312 e. The highest BCUT2D eigenvalue weighted by Crippen LogP contribution is 2.21. The molecule has 102 valence electrons. The first-order valence-corrected chi connectivity index (χ1v) is 8.49. The number of nitrogens with one attached hydrogen (secondary N) is 1. The van der Waals surface area contributed by atoms with Gasteiger partial charge in [0.15, 0.2) is 0 Å². The van der Waals surface area contributed by atoms with Crippen molar-refractivity contribution in [3.8, 4) is 0 Å². The van der Waals surface area contributed by atoms with Crippen molar-refractivity contribution in [2.75, 3.05) is 13.6 Å². The first-order chi connectivity index (χ1) is 8.65. The van der Waals surface area contributed by atoms with Crippen LogP contribution in [0.2, 0.25) is 0 Å². The summed E-state index contributed by atoms with van der Waals surface area (Å²) in [6.45, 7) is 4.46. The minimum atomic E-state index is 0.589. The van der Waals surface area contributed by atoms with Crippen molar-refractivity contribution in [2.24, 2.45) is 0 Å². The first-order valence-electron chi connectivity index (χ1n) is 6.81. The van der Waals surface area contributed by atoms with Gasteiger partial charge in [-0.05, 0) is 48.8 Å². The molecule has 2 nitrogen and oxygen atoms in total. The normalized spacial score (nSPS) is 18.7. The van der Waals surface area contributed by atoms with Crippen molar-refractivity contribution >= 4 is 27.3 Å². The van der Waals surface area contributed by atoms with Crippen molar-refractivity contribution in [3.63, 3.8) is 0 Å². The Morgan fingerprint density at radius 2 is 2.22 bits per heavy atom. The van der Waals surface area contributed by atoms with E-state index in [1.807, 2.05) is 11.3 Å². The zero-order valence-corrected chi connectivity index (χ0v) is 13.7. The Hall–Kier alpha value is 0.1000. The molecule has 1 aromatic heterocycles. The van der Waals surface area contributed by atoms with Crippen molar-refractivity contribution in [1.29, 1.82) is 0 Å². The zero-order chi connectivity index (χ0) is 13.0. The molecule has 0 spiro atoms. The molecule has 1 aliphatic carbocycles. The number of hydrogen-bond donors (Lipinski definition) is 1. The van der Waals surface area contributed by atoms with E-state index < -0.39 is 0 Å². The lowest BCUT2D eigenvalue weighted by molar-refractivity contribution is 0.239. The van der Waals surface area contributed by atoms with Gasteiger partial charge in [0.05, 0.1) is 0 Å². The second-order valence-electron chi connectivity index (χ2n) is 5.39. The maximum Gasteiger partial charge on any atom is 0.0328 e. The minimum Gasteiger partial charge on any atom is -0.312 e. The van der Waals surface area contributed by atoms with Gasteiger partial charge in [0.1, 0.15) is 0 Å². The molecule has 0 aliphatic heterocycles. The predicted molar refractivity (Wildman–Crippen MR) is 83.2 cm³/mol. The summed E-state index contributed by atoms with van der Waals surface area (Å²) in [5.41, 5.74) is 0.